The van der Waals surface area contributed by atoms with Gasteiger partial charge in [-0.05, 0) is 25.2 Å². The van der Waals surface area contributed by atoms with Gasteiger partial charge in [0.2, 0.25) is 0 Å². The zero-order valence-corrected chi connectivity index (χ0v) is 10.1. The zero-order chi connectivity index (χ0) is 12.3. The van der Waals surface area contributed by atoms with E-state index in [0.717, 1.165) is 19.5 Å². The average Bonchev–Trinajstić information content (AvgIpc) is 3.11. The fraction of sp³-hybridized carbons (Fsp3) is 0.583. The molecule has 17 heavy (non-hydrogen) atoms. The van der Waals surface area contributed by atoms with E-state index in [4.69, 9.17) is 5.73 Å². The smallest absolute Gasteiger partial charge is 0.274 e. The van der Waals surface area contributed by atoms with Gasteiger partial charge in [0.25, 0.3) is 5.91 Å². The van der Waals surface area contributed by atoms with Crippen LogP contribution in [0.25, 0.3) is 0 Å². The van der Waals surface area contributed by atoms with Crippen molar-refractivity contribution in [2.45, 2.75) is 26.2 Å². The summed E-state index contributed by atoms with van der Waals surface area (Å²) in [5.74, 6) is 0.914. The Kier molecular flexibility index (Phi) is 3.56. The van der Waals surface area contributed by atoms with Crippen molar-refractivity contribution in [2.75, 3.05) is 18.8 Å². The number of anilines is 1. The van der Waals surface area contributed by atoms with Crippen LogP contribution in [0.5, 0.6) is 0 Å². The Morgan fingerprint density at radius 3 is 2.88 bits per heavy atom. The molecule has 2 N–H and O–H groups in total. The third kappa shape index (κ3) is 3.15. The number of nitrogens with zero attached hydrogens (tertiary/aromatic N) is 3. The normalized spacial score (nSPS) is 14.6. The zero-order valence-electron chi connectivity index (χ0n) is 10.1. The highest BCUT2D eigenvalue weighted by molar-refractivity contribution is 5.92. The molecule has 1 heterocycles. The molecular formula is C12H18N4O. The number of hydrogen-bond acceptors (Lipinski definition) is 4. The SMILES string of the molecule is CCCN(CC1CC1)C(=O)c1cncc(N)n1. The number of nitrogens with two attached hydrogens (primary N) is 1. The Hall–Kier alpha value is -1.65. The molecule has 5 nitrogen and oxygen atoms in total. The lowest BCUT2D eigenvalue weighted by Gasteiger charge is -2.21. The molecule has 0 radical (unpaired) electrons. The first-order chi connectivity index (χ1) is 8.20. The van der Waals surface area contributed by atoms with Gasteiger partial charge in [0.1, 0.15) is 11.5 Å². The largest absolute Gasteiger partial charge is 0.382 e. The molecule has 1 aliphatic carbocycles. The Bertz CT molecular complexity index is 403. The van der Waals surface area contributed by atoms with Gasteiger partial charge in [-0.25, -0.2) is 4.98 Å². The molecular weight excluding hydrogens is 216 g/mol. The van der Waals surface area contributed by atoms with Crippen molar-refractivity contribution in [3.05, 3.63) is 18.1 Å². The quantitative estimate of drug-likeness (QED) is 0.834. The van der Waals surface area contributed by atoms with Crippen LogP contribution in [0.1, 0.15) is 36.7 Å². The van der Waals surface area contributed by atoms with Crippen molar-refractivity contribution in [1.29, 1.82) is 0 Å². The van der Waals surface area contributed by atoms with E-state index < -0.39 is 0 Å². The van der Waals surface area contributed by atoms with Crippen LogP contribution >= 0.6 is 0 Å². The molecule has 1 amide bonds. The summed E-state index contributed by atoms with van der Waals surface area (Å²) >= 11 is 0. The maximum Gasteiger partial charge on any atom is 0.274 e. The molecule has 1 aromatic rings. The highest BCUT2D eigenvalue weighted by Crippen LogP contribution is 2.30. The van der Waals surface area contributed by atoms with Crippen molar-refractivity contribution >= 4 is 11.7 Å². The van der Waals surface area contributed by atoms with Gasteiger partial charge in [0.15, 0.2) is 0 Å². The first-order valence-electron chi connectivity index (χ1n) is 6.07. The topological polar surface area (TPSA) is 72.1 Å². The predicted octanol–water partition coefficient (Wildman–Crippen LogP) is 1.32. The van der Waals surface area contributed by atoms with Crippen molar-refractivity contribution in [3.8, 4) is 0 Å². The summed E-state index contributed by atoms with van der Waals surface area (Å²) in [6.45, 7) is 3.67. The van der Waals surface area contributed by atoms with Crippen molar-refractivity contribution in [3.63, 3.8) is 0 Å². The van der Waals surface area contributed by atoms with Crippen LogP contribution in [0.15, 0.2) is 12.4 Å². The highest BCUT2D eigenvalue weighted by Gasteiger charge is 2.27. The first-order valence-corrected chi connectivity index (χ1v) is 6.07. The van der Waals surface area contributed by atoms with Gasteiger partial charge in [-0.1, -0.05) is 6.92 Å². The number of carbonyl (C=O) groups is 1. The number of amides is 1. The minimum Gasteiger partial charge on any atom is -0.382 e. The highest BCUT2D eigenvalue weighted by atomic mass is 16.2. The van der Waals surface area contributed by atoms with Crippen molar-refractivity contribution < 1.29 is 4.79 Å². The fourth-order valence-corrected chi connectivity index (χ4v) is 1.80. The summed E-state index contributed by atoms with van der Waals surface area (Å²) in [6, 6.07) is 0. The van der Waals surface area contributed by atoms with E-state index in [0.29, 0.717) is 17.4 Å². The van der Waals surface area contributed by atoms with Gasteiger partial charge in [-0.15, -0.1) is 0 Å². The Morgan fingerprint density at radius 2 is 2.29 bits per heavy atom. The van der Waals surface area contributed by atoms with Crippen molar-refractivity contribution in [1.82, 2.24) is 14.9 Å². The molecule has 1 fully saturated rings. The summed E-state index contributed by atoms with van der Waals surface area (Å²) in [5.41, 5.74) is 5.89. The van der Waals surface area contributed by atoms with E-state index in [1.165, 1.54) is 25.2 Å². The molecule has 2 rings (SSSR count). The number of rotatable bonds is 5. The molecule has 0 bridgehead atoms. The average molecular weight is 234 g/mol. The number of aromatic nitrogens is 2. The van der Waals surface area contributed by atoms with Gasteiger partial charge in [-0.2, -0.15) is 0 Å². The molecule has 1 aromatic heterocycles. The predicted molar refractivity (Wildman–Crippen MR) is 65.4 cm³/mol. The van der Waals surface area contributed by atoms with Gasteiger partial charge in [-0.3, -0.25) is 9.78 Å². The van der Waals surface area contributed by atoms with E-state index in [2.05, 4.69) is 16.9 Å². The Balaban J connectivity index is 2.08. The maximum absolute atomic E-state index is 12.2. The molecule has 0 spiro atoms. The van der Waals surface area contributed by atoms with E-state index >= 15 is 0 Å². The lowest BCUT2D eigenvalue weighted by molar-refractivity contribution is 0.0741. The van der Waals surface area contributed by atoms with Crippen molar-refractivity contribution in [2.24, 2.45) is 5.92 Å². The second-order valence-electron chi connectivity index (χ2n) is 4.52. The molecule has 0 aromatic carbocycles. The Labute approximate surface area is 101 Å². The summed E-state index contributed by atoms with van der Waals surface area (Å²) in [6.07, 6.45) is 6.34. The van der Waals surface area contributed by atoms with E-state index in [1.807, 2.05) is 4.90 Å². The van der Waals surface area contributed by atoms with Crippen LogP contribution in [0, 0.1) is 5.92 Å². The van der Waals surface area contributed by atoms with Crippen LogP contribution in [0.2, 0.25) is 0 Å². The van der Waals surface area contributed by atoms with E-state index in [9.17, 15) is 4.79 Å². The minimum absolute atomic E-state index is 0.0569. The van der Waals surface area contributed by atoms with Crippen LogP contribution in [-0.4, -0.2) is 33.9 Å². The van der Waals surface area contributed by atoms with Crippen LogP contribution in [0.3, 0.4) is 0 Å². The second-order valence-corrected chi connectivity index (χ2v) is 4.52. The van der Waals surface area contributed by atoms with Crippen LogP contribution in [0.4, 0.5) is 5.82 Å². The second kappa shape index (κ2) is 5.12. The molecule has 1 saturated carbocycles. The molecule has 0 saturated heterocycles. The van der Waals surface area contributed by atoms with Gasteiger partial charge in [0.05, 0.1) is 12.4 Å². The van der Waals surface area contributed by atoms with E-state index in [1.54, 1.807) is 0 Å². The number of hydrogen-bond donors (Lipinski definition) is 1. The van der Waals surface area contributed by atoms with E-state index in [-0.39, 0.29) is 5.91 Å². The third-order valence-electron chi connectivity index (χ3n) is 2.83. The first kappa shape index (κ1) is 11.8. The molecule has 0 aliphatic heterocycles. The lowest BCUT2D eigenvalue weighted by atomic mass is 10.3. The number of nitrogen functional groups attached to an aromatic ring is 1. The fourth-order valence-electron chi connectivity index (χ4n) is 1.80. The standard InChI is InChI=1S/C12H18N4O/c1-2-5-16(8-9-3-4-9)12(17)10-6-14-7-11(13)15-10/h6-7,9H,2-5,8H2,1H3,(H2,13,15). The van der Waals surface area contributed by atoms with Gasteiger partial charge >= 0.3 is 0 Å². The lowest BCUT2D eigenvalue weighted by Crippen LogP contribution is -2.34. The molecule has 0 atom stereocenters. The molecule has 1 aliphatic rings. The van der Waals surface area contributed by atoms with Gasteiger partial charge in [0, 0.05) is 13.1 Å². The molecule has 0 unspecified atom stereocenters. The van der Waals surface area contributed by atoms with Gasteiger partial charge < -0.3 is 10.6 Å². The summed E-state index contributed by atoms with van der Waals surface area (Å²) in [4.78, 5) is 22.0. The molecule has 92 valence electrons. The minimum atomic E-state index is -0.0569. The Morgan fingerprint density at radius 1 is 1.53 bits per heavy atom. The third-order valence-corrected chi connectivity index (χ3v) is 2.83. The molecule has 5 heteroatoms. The summed E-state index contributed by atoms with van der Waals surface area (Å²) in [7, 11) is 0. The summed E-state index contributed by atoms with van der Waals surface area (Å²) < 4.78 is 0. The summed E-state index contributed by atoms with van der Waals surface area (Å²) in [5, 5.41) is 0. The monoisotopic (exact) mass is 234 g/mol. The number of carbonyl (C=O) groups excluding carboxylic acids is 1. The van der Waals surface area contributed by atoms with Crippen LogP contribution < -0.4 is 5.73 Å². The maximum atomic E-state index is 12.2. The van der Waals surface area contributed by atoms with Crippen LogP contribution in [-0.2, 0) is 0 Å².